The molecule has 1 aromatic heterocycles. The molecule has 5 nitrogen and oxygen atoms in total. The summed E-state index contributed by atoms with van der Waals surface area (Å²) < 4.78 is 1.53. The third-order valence-corrected chi connectivity index (χ3v) is 2.38. The van der Waals surface area contributed by atoms with E-state index in [0.29, 0.717) is 5.69 Å². The number of anilines is 1. The van der Waals surface area contributed by atoms with Crippen LogP contribution in [0.4, 0.5) is 5.69 Å². The highest BCUT2D eigenvalue weighted by molar-refractivity contribution is 5.91. The Kier molecular flexibility index (Phi) is 3.43. The molecule has 0 unspecified atom stereocenters. The predicted molar refractivity (Wildman–Crippen MR) is 66.5 cm³/mol. The van der Waals surface area contributed by atoms with Crippen molar-refractivity contribution in [1.82, 2.24) is 4.57 Å². The average Bonchev–Trinajstić information content (AvgIpc) is 2.78. The van der Waals surface area contributed by atoms with Gasteiger partial charge in [-0.2, -0.15) is 0 Å². The zero-order chi connectivity index (χ0) is 13.0. The second-order valence-corrected chi connectivity index (χ2v) is 3.79. The van der Waals surface area contributed by atoms with Crippen molar-refractivity contribution in [2.45, 2.75) is 6.54 Å². The number of para-hydroxylation sites is 1. The van der Waals surface area contributed by atoms with Crippen LogP contribution in [-0.4, -0.2) is 21.6 Å². The fraction of sp³-hybridized carbons (Fsp3) is 0.0769. The predicted octanol–water partition coefficient (Wildman–Crippen LogP) is 1.82. The summed E-state index contributed by atoms with van der Waals surface area (Å²) in [4.78, 5) is 22.4. The molecular formula is C13H12N2O3. The molecule has 0 spiro atoms. The zero-order valence-electron chi connectivity index (χ0n) is 9.54. The van der Waals surface area contributed by atoms with E-state index in [0.717, 1.165) is 0 Å². The summed E-state index contributed by atoms with van der Waals surface area (Å²) in [5.41, 5.74) is 0.885. The maximum absolute atomic E-state index is 11.7. The van der Waals surface area contributed by atoms with Gasteiger partial charge in [0.05, 0.1) is 5.56 Å². The van der Waals surface area contributed by atoms with Crippen molar-refractivity contribution in [1.29, 1.82) is 0 Å². The number of hydrogen-bond donors (Lipinski definition) is 2. The lowest BCUT2D eigenvalue weighted by Crippen LogP contribution is -2.17. The monoisotopic (exact) mass is 244 g/mol. The van der Waals surface area contributed by atoms with Crippen LogP contribution in [-0.2, 0) is 11.3 Å². The van der Waals surface area contributed by atoms with Gasteiger partial charge in [0, 0.05) is 18.1 Å². The van der Waals surface area contributed by atoms with Gasteiger partial charge in [-0.3, -0.25) is 4.79 Å². The van der Waals surface area contributed by atoms with E-state index in [2.05, 4.69) is 5.32 Å². The molecule has 5 heteroatoms. The summed E-state index contributed by atoms with van der Waals surface area (Å²) in [6, 6.07) is 10.5. The molecule has 0 aliphatic heterocycles. The van der Waals surface area contributed by atoms with E-state index in [-0.39, 0.29) is 18.0 Å². The fourth-order valence-corrected chi connectivity index (χ4v) is 1.55. The van der Waals surface area contributed by atoms with Gasteiger partial charge in [-0.05, 0) is 18.2 Å². The third-order valence-electron chi connectivity index (χ3n) is 2.38. The van der Waals surface area contributed by atoms with E-state index in [1.165, 1.54) is 16.8 Å². The minimum atomic E-state index is -1.00. The average molecular weight is 244 g/mol. The van der Waals surface area contributed by atoms with Gasteiger partial charge in [-0.15, -0.1) is 0 Å². The van der Waals surface area contributed by atoms with Crippen LogP contribution in [0, 0.1) is 0 Å². The van der Waals surface area contributed by atoms with Crippen molar-refractivity contribution in [3.8, 4) is 0 Å². The first kappa shape index (κ1) is 11.9. The molecule has 2 N–H and O–H groups in total. The summed E-state index contributed by atoms with van der Waals surface area (Å²) >= 11 is 0. The van der Waals surface area contributed by atoms with Crippen LogP contribution in [0.3, 0.4) is 0 Å². The van der Waals surface area contributed by atoms with Gasteiger partial charge in [0.15, 0.2) is 0 Å². The largest absolute Gasteiger partial charge is 0.478 e. The lowest BCUT2D eigenvalue weighted by molar-refractivity contribution is -0.116. The van der Waals surface area contributed by atoms with Crippen LogP contribution in [0.2, 0.25) is 0 Å². The van der Waals surface area contributed by atoms with E-state index in [4.69, 9.17) is 5.11 Å². The number of carbonyl (C=O) groups is 2. The molecule has 0 bridgehead atoms. The van der Waals surface area contributed by atoms with Crippen molar-refractivity contribution in [3.63, 3.8) is 0 Å². The molecule has 2 aromatic rings. The van der Waals surface area contributed by atoms with Crippen LogP contribution >= 0.6 is 0 Å². The molecular weight excluding hydrogens is 232 g/mol. The van der Waals surface area contributed by atoms with Crippen molar-refractivity contribution in [2.24, 2.45) is 0 Å². The quantitative estimate of drug-likeness (QED) is 0.861. The van der Waals surface area contributed by atoms with Crippen molar-refractivity contribution >= 4 is 17.6 Å². The van der Waals surface area contributed by atoms with Crippen LogP contribution in [0.15, 0.2) is 48.8 Å². The highest BCUT2D eigenvalue weighted by Crippen LogP contribution is 2.06. The molecule has 92 valence electrons. The Balaban J connectivity index is 1.97. The number of carboxylic acid groups (broad SMARTS) is 1. The van der Waals surface area contributed by atoms with Gasteiger partial charge in [-0.25, -0.2) is 4.79 Å². The Hall–Kier alpha value is -2.56. The Morgan fingerprint density at radius 2 is 1.89 bits per heavy atom. The van der Waals surface area contributed by atoms with E-state index < -0.39 is 5.97 Å². The molecule has 2 rings (SSSR count). The normalized spacial score (nSPS) is 10.0. The lowest BCUT2D eigenvalue weighted by atomic mass is 10.3. The van der Waals surface area contributed by atoms with Gasteiger partial charge >= 0.3 is 5.97 Å². The molecule has 0 fully saturated rings. The number of benzene rings is 1. The zero-order valence-corrected chi connectivity index (χ0v) is 9.54. The Morgan fingerprint density at radius 3 is 2.50 bits per heavy atom. The number of carboxylic acids is 1. The SMILES string of the molecule is O=C(Cn1ccc(C(=O)O)c1)Nc1ccccc1. The van der Waals surface area contributed by atoms with Crippen molar-refractivity contribution < 1.29 is 14.7 Å². The van der Waals surface area contributed by atoms with Crippen LogP contribution in [0.25, 0.3) is 0 Å². The number of aromatic nitrogens is 1. The van der Waals surface area contributed by atoms with E-state index in [1.54, 1.807) is 18.3 Å². The maximum atomic E-state index is 11.7. The molecule has 1 heterocycles. The molecule has 0 aliphatic rings. The lowest BCUT2D eigenvalue weighted by Gasteiger charge is -2.05. The molecule has 1 amide bonds. The number of hydrogen-bond acceptors (Lipinski definition) is 2. The number of rotatable bonds is 4. The fourth-order valence-electron chi connectivity index (χ4n) is 1.55. The first-order valence-corrected chi connectivity index (χ1v) is 5.39. The maximum Gasteiger partial charge on any atom is 0.337 e. The van der Waals surface area contributed by atoms with Gasteiger partial charge in [-0.1, -0.05) is 18.2 Å². The molecule has 0 saturated carbocycles. The van der Waals surface area contributed by atoms with E-state index in [1.807, 2.05) is 18.2 Å². The first-order valence-electron chi connectivity index (χ1n) is 5.39. The van der Waals surface area contributed by atoms with Crippen LogP contribution in [0.1, 0.15) is 10.4 Å². The minimum absolute atomic E-state index is 0.0855. The molecule has 0 radical (unpaired) electrons. The molecule has 18 heavy (non-hydrogen) atoms. The summed E-state index contributed by atoms with van der Waals surface area (Å²) in [5, 5.41) is 11.5. The second kappa shape index (κ2) is 5.18. The van der Waals surface area contributed by atoms with Crippen LogP contribution < -0.4 is 5.32 Å². The summed E-state index contributed by atoms with van der Waals surface area (Å²) in [6.45, 7) is 0.0855. The topological polar surface area (TPSA) is 71.3 Å². The van der Waals surface area contributed by atoms with E-state index in [9.17, 15) is 9.59 Å². The Labute approximate surface area is 104 Å². The Bertz CT molecular complexity index is 561. The van der Waals surface area contributed by atoms with Gasteiger partial charge in [0.25, 0.3) is 0 Å². The van der Waals surface area contributed by atoms with E-state index >= 15 is 0 Å². The summed E-state index contributed by atoms with van der Waals surface area (Å²) in [7, 11) is 0. The highest BCUT2D eigenvalue weighted by Gasteiger charge is 2.07. The number of amides is 1. The number of nitrogens with zero attached hydrogens (tertiary/aromatic N) is 1. The Morgan fingerprint density at radius 1 is 1.17 bits per heavy atom. The number of carbonyl (C=O) groups excluding carboxylic acids is 1. The smallest absolute Gasteiger partial charge is 0.337 e. The molecule has 1 aromatic carbocycles. The second-order valence-electron chi connectivity index (χ2n) is 3.79. The first-order chi connectivity index (χ1) is 8.65. The summed E-state index contributed by atoms with van der Waals surface area (Å²) in [5.74, 6) is -1.20. The van der Waals surface area contributed by atoms with Crippen molar-refractivity contribution in [2.75, 3.05) is 5.32 Å². The molecule has 0 atom stereocenters. The minimum Gasteiger partial charge on any atom is -0.478 e. The summed E-state index contributed by atoms with van der Waals surface area (Å²) in [6.07, 6.45) is 2.99. The van der Waals surface area contributed by atoms with Crippen LogP contribution in [0.5, 0.6) is 0 Å². The van der Waals surface area contributed by atoms with Gasteiger partial charge in [0.2, 0.25) is 5.91 Å². The molecule has 0 saturated heterocycles. The molecule has 0 aliphatic carbocycles. The highest BCUT2D eigenvalue weighted by atomic mass is 16.4. The van der Waals surface area contributed by atoms with Crippen molar-refractivity contribution in [3.05, 3.63) is 54.4 Å². The third kappa shape index (κ3) is 2.98. The number of aromatic carboxylic acids is 1. The standard InChI is InChI=1S/C13H12N2O3/c16-12(14-11-4-2-1-3-5-11)9-15-7-6-10(8-15)13(17)18/h1-8H,9H2,(H,14,16)(H,17,18). The van der Waals surface area contributed by atoms with Gasteiger partial charge < -0.3 is 15.0 Å². The van der Waals surface area contributed by atoms with Gasteiger partial charge in [0.1, 0.15) is 6.54 Å². The number of nitrogens with one attached hydrogen (secondary N) is 1.